The van der Waals surface area contributed by atoms with Crippen molar-refractivity contribution in [2.75, 3.05) is 0 Å². The summed E-state index contributed by atoms with van der Waals surface area (Å²) in [5.74, 6) is 4.66. The maximum atomic E-state index is 11.2. The van der Waals surface area contributed by atoms with Crippen LogP contribution in [-0.4, -0.2) is 15.7 Å². The van der Waals surface area contributed by atoms with Gasteiger partial charge in [0.2, 0.25) is 0 Å². The van der Waals surface area contributed by atoms with Crippen molar-refractivity contribution in [3.63, 3.8) is 0 Å². The molecule has 0 atom stereocenters. The number of nitrogens with one attached hydrogen (secondary N) is 1. The second-order valence-electron chi connectivity index (χ2n) is 4.26. The van der Waals surface area contributed by atoms with Gasteiger partial charge in [0.1, 0.15) is 0 Å². The van der Waals surface area contributed by atoms with Crippen molar-refractivity contribution in [2.45, 2.75) is 26.2 Å². The second-order valence-corrected chi connectivity index (χ2v) is 4.26. The predicted octanol–water partition coefficient (Wildman–Crippen LogP) is 0.321. The number of hydrazine groups is 1. The maximum Gasteiger partial charge on any atom is 0.285 e. The molecule has 0 spiro atoms. The number of nitrogens with zero attached hydrogens (tertiary/aromatic N) is 2. The van der Waals surface area contributed by atoms with Gasteiger partial charge in [0, 0.05) is 18.2 Å². The Morgan fingerprint density at radius 1 is 1.57 bits per heavy atom. The number of carbonyl (C=O) groups excluding carboxylic acids is 1. The molecule has 1 aromatic heterocycles. The third-order valence-corrected chi connectivity index (χ3v) is 2.01. The van der Waals surface area contributed by atoms with Crippen LogP contribution in [0.1, 0.15) is 37.0 Å². The molecule has 3 N–H and O–H groups in total. The van der Waals surface area contributed by atoms with E-state index < -0.39 is 0 Å². The minimum Gasteiger partial charge on any atom is -0.289 e. The number of rotatable bonds is 1. The summed E-state index contributed by atoms with van der Waals surface area (Å²) in [7, 11) is 1.81. The number of nitrogens with two attached hydrogens (primary N) is 1. The van der Waals surface area contributed by atoms with Crippen molar-refractivity contribution in [2.24, 2.45) is 12.9 Å². The first-order valence-electron chi connectivity index (χ1n) is 4.41. The number of amides is 1. The lowest BCUT2D eigenvalue weighted by Gasteiger charge is -2.17. The van der Waals surface area contributed by atoms with E-state index in [1.807, 2.05) is 7.05 Å². The monoisotopic (exact) mass is 196 g/mol. The molecule has 5 heteroatoms. The minimum atomic E-state index is -0.365. The highest BCUT2D eigenvalue weighted by atomic mass is 16.2. The Labute approximate surface area is 83.2 Å². The van der Waals surface area contributed by atoms with Gasteiger partial charge in [-0.1, -0.05) is 20.8 Å². The van der Waals surface area contributed by atoms with Crippen LogP contribution in [-0.2, 0) is 12.5 Å². The average Bonchev–Trinajstić information content (AvgIpc) is 2.45. The van der Waals surface area contributed by atoms with Crippen LogP contribution in [0.3, 0.4) is 0 Å². The molecule has 14 heavy (non-hydrogen) atoms. The molecule has 0 aliphatic carbocycles. The molecule has 0 saturated carbocycles. The smallest absolute Gasteiger partial charge is 0.285 e. The highest BCUT2D eigenvalue weighted by Crippen LogP contribution is 2.22. The zero-order chi connectivity index (χ0) is 10.9. The summed E-state index contributed by atoms with van der Waals surface area (Å²) in [5, 5.41) is 4.07. The van der Waals surface area contributed by atoms with Crippen LogP contribution >= 0.6 is 0 Å². The summed E-state index contributed by atoms with van der Waals surface area (Å²) < 4.78 is 1.70. The number of aromatic nitrogens is 2. The maximum absolute atomic E-state index is 11.2. The Morgan fingerprint density at radius 2 is 2.14 bits per heavy atom. The van der Waals surface area contributed by atoms with E-state index in [0.29, 0.717) is 5.69 Å². The van der Waals surface area contributed by atoms with Crippen LogP contribution in [0.4, 0.5) is 0 Å². The molecule has 0 aliphatic rings. The molecule has 0 fully saturated rings. The van der Waals surface area contributed by atoms with Gasteiger partial charge in [0.15, 0.2) is 5.69 Å². The number of hydrogen-bond donors (Lipinski definition) is 2. The SMILES string of the molecule is Cn1nc(C(=O)NN)cc1C(C)(C)C. The number of carbonyl (C=O) groups is 1. The number of hydrogen-bond acceptors (Lipinski definition) is 3. The molecule has 1 heterocycles. The fraction of sp³-hybridized carbons (Fsp3) is 0.556. The van der Waals surface area contributed by atoms with Crippen molar-refractivity contribution in [1.82, 2.24) is 15.2 Å². The Morgan fingerprint density at radius 3 is 2.50 bits per heavy atom. The van der Waals surface area contributed by atoms with Gasteiger partial charge in [0.05, 0.1) is 0 Å². The summed E-state index contributed by atoms with van der Waals surface area (Å²) >= 11 is 0. The highest BCUT2D eigenvalue weighted by Gasteiger charge is 2.21. The molecule has 0 bridgehead atoms. The first kappa shape index (κ1) is 10.7. The van der Waals surface area contributed by atoms with Gasteiger partial charge < -0.3 is 0 Å². The van der Waals surface area contributed by atoms with E-state index in [9.17, 15) is 4.79 Å². The molecule has 0 radical (unpaired) electrons. The Hall–Kier alpha value is -1.36. The van der Waals surface area contributed by atoms with E-state index in [4.69, 9.17) is 5.84 Å². The molecule has 78 valence electrons. The van der Waals surface area contributed by atoms with Crippen LogP contribution in [0.25, 0.3) is 0 Å². The van der Waals surface area contributed by atoms with Gasteiger partial charge >= 0.3 is 0 Å². The molecule has 0 aliphatic heterocycles. The summed E-state index contributed by atoms with van der Waals surface area (Å²) in [6.07, 6.45) is 0. The Bertz CT molecular complexity index is 348. The van der Waals surface area contributed by atoms with Crippen molar-refractivity contribution in [3.8, 4) is 0 Å². The summed E-state index contributed by atoms with van der Waals surface area (Å²) in [4.78, 5) is 11.2. The van der Waals surface area contributed by atoms with Gasteiger partial charge in [0.25, 0.3) is 5.91 Å². The lowest BCUT2D eigenvalue weighted by Crippen LogP contribution is -2.30. The van der Waals surface area contributed by atoms with Gasteiger partial charge in [-0.05, 0) is 6.07 Å². The molecule has 0 unspecified atom stereocenters. The zero-order valence-electron chi connectivity index (χ0n) is 8.96. The molecule has 5 nitrogen and oxygen atoms in total. The first-order valence-corrected chi connectivity index (χ1v) is 4.41. The van der Waals surface area contributed by atoms with E-state index in [0.717, 1.165) is 5.69 Å². The second kappa shape index (κ2) is 3.42. The largest absolute Gasteiger partial charge is 0.289 e. The third-order valence-electron chi connectivity index (χ3n) is 2.01. The van der Waals surface area contributed by atoms with Crippen LogP contribution < -0.4 is 11.3 Å². The third kappa shape index (κ3) is 1.93. The van der Waals surface area contributed by atoms with Crippen molar-refractivity contribution in [3.05, 3.63) is 17.5 Å². The van der Waals surface area contributed by atoms with Gasteiger partial charge in [-0.15, -0.1) is 0 Å². The van der Waals surface area contributed by atoms with E-state index in [1.54, 1.807) is 10.7 Å². The van der Waals surface area contributed by atoms with E-state index in [2.05, 4.69) is 31.3 Å². The van der Waals surface area contributed by atoms with Gasteiger partial charge in [-0.25, -0.2) is 5.84 Å². The zero-order valence-corrected chi connectivity index (χ0v) is 8.96. The molecule has 1 amide bonds. The minimum absolute atomic E-state index is 0.0329. The molecule has 1 rings (SSSR count). The lowest BCUT2D eigenvalue weighted by molar-refractivity contribution is 0.0948. The van der Waals surface area contributed by atoms with Crippen LogP contribution in [0.5, 0.6) is 0 Å². The van der Waals surface area contributed by atoms with Gasteiger partial charge in [-0.2, -0.15) is 5.10 Å². The predicted molar refractivity (Wildman–Crippen MR) is 53.6 cm³/mol. The topological polar surface area (TPSA) is 72.9 Å². The Balaban J connectivity index is 3.12. The number of aryl methyl sites for hydroxylation is 1. The van der Waals surface area contributed by atoms with Gasteiger partial charge in [-0.3, -0.25) is 14.9 Å². The lowest BCUT2D eigenvalue weighted by atomic mass is 9.92. The number of nitrogen functional groups attached to an aromatic ring is 1. The summed E-state index contributed by atoms with van der Waals surface area (Å²) in [6, 6.07) is 1.75. The Kier molecular flexibility index (Phi) is 2.62. The summed E-state index contributed by atoms with van der Waals surface area (Å²) in [6.45, 7) is 6.19. The fourth-order valence-electron chi connectivity index (χ4n) is 1.35. The van der Waals surface area contributed by atoms with Crippen LogP contribution in [0.2, 0.25) is 0 Å². The quantitative estimate of drug-likeness (QED) is 0.386. The summed E-state index contributed by atoms with van der Waals surface area (Å²) in [5.41, 5.74) is 3.37. The first-order chi connectivity index (χ1) is 6.36. The molecule has 0 saturated heterocycles. The molecular formula is C9H16N4O. The van der Waals surface area contributed by atoms with E-state index in [1.165, 1.54) is 0 Å². The average molecular weight is 196 g/mol. The fourth-order valence-corrected chi connectivity index (χ4v) is 1.35. The standard InChI is InChI=1S/C9H16N4O/c1-9(2,3)7-5-6(8(14)11-10)12-13(7)4/h5H,10H2,1-4H3,(H,11,14). The van der Waals surface area contributed by atoms with E-state index >= 15 is 0 Å². The van der Waals surface area contributed by atoms with Crippen LogP contribution in [0, 0.1) is 0 Å². The van der Waals surface area contributed by atoms with Crippen molar-refractivity contribution in [1.29, 1.82) is 0 Å². The molecule has 0 aromatic carbocycles. The molecule has 1 aromatic rings. The molecular weight excluding hydrogens is 180 g/mol. The van der Waals surface area contributed by atoms with Crippen LogP contribution in [0.15, 0.2) is 6.07 Å². The highest BCUT2D eigenvalue weighted by molar-refractivity contribution is 5.91. The van der Waals surface area contributed by atoms with Crippen molar-refractivity contribution >= 4 is 5.91 Å². The van der Waals surface area contributed by atoms with E-state index in [-0.39, 0.29) is 11.3 Å². The van der Waals surface area contributed by atoms with Crippen molar-refractivity contribution < 1.29 is 4.79 Å². The normalized spacial score (nSPS) is 11.5.